The number of nitrogens with zero attached hydrogens (tertiary/aromatic N) is 4. The molecule has 0 aliphatic heterocycles. The van der Waals surface area contributed by atoms with Gasteiger partial charge in [-0.25, -0.2) is 0 Å². The van der Waals surface area contributed by atoms with Gasteiger partial charge in [-0.2, -0.15) is 10.2 Å². The monoisotopic (exact) mass is 222 g/mol. The summed E-state index contributed by atoms with van der Waals surface area (Å²) < 4.78 is 3.51. The molecule has 2 N–H and O–H groups in total. The molecule has 0 radical (unpaired) electrons. The van der Waals surface area contributed by atoms with Crippen molar-refractivity contribution >= 4 is 0 Å². The zero-order chi connectivity index (χ0) is 11.4. The summed E-state index contributed by atoms with van der Waals surface area (Å²) in [6, 6.07) is 3.56. The highest BCUT2D eigenvalue weighted by Crippen LogP contribution is 1.98. The molecule has 86 valence electrons. The largest absolute Gasteiger partial charge is 0.390 e. The number of aryl methyl sites for hydroxylation is 2. The van der Waals surface area contributed by atoms with E-state index in [0.29, 0.717) is 24.5 Å². The van der Waals surface area contributed by atoms with Crippen molar-refractivity contribution in [2.24, 2.45) is 0 Å². The Morgan fingerprint density at radius 1 is 0.875 bits per heavy atom. The van der Waals surface area contributed by atoms with Crippen molar-refractivity contribution in [2.45, 2.75) is 26.3 Å². The average Bonchev–Trinajstić information content (AvgIpc) is 2.95. The molecule has 0 aliphatic rings. The van der Waals surface area contributed by atoms with E-state index in [0.717, 1.165) is 0 Å². The van der Waals surface area contributed by atoms with E-state index < -0.39 is 0 Å². The van der Waals surface area contributed by atoms with Crippen molar-refractivity contribution in [1.29, 1.82) is 0 Å². The SMILES string of the molecule is OCc1ccn(CCn2ccc(CO)n2)n1. The second-order valence-corrected chi connectivity index (χ2v) is 3.46. The standard InChI is InChI=1S/C10H14N4O2/c15-7-9-1-3-13(11-9)5-6-14-4-2-10(8-16)12-14/h1-4,15-16H,5-8H2. The zero-order valence-electron chi connectivity index (χ0n) is 8.82. The van der Waals surface area contributed by atoms with Gasteiger partial charge in [0, 0.05) is 12.4 Å². The molecular formula is C10H14N4O2. The van der Waals surface area contributed by atoms with Crippen LogP contribution >= 0.6 is 0 Å². The quantitative estimate of drug-likeness (QED) is 0.732. The van der Waals surface area contributed by atoms with Gasteiger partial charge in [-0.1, -0.05) is 0 Å². The summed E-state index contributed by atoms with van der Waals surface area (Å²) in [4.78, 5) is 0. The fourth-order valence-corrected chi connectivity index (χ4v) is 1.43. The summed E-state index contributed by atoms with van der Waals surface area (Å²) in [7, 11) is 0. The van der Waals surface area contributed by atoms with E-state index >= 15 is 0 Å². The van der Waals surface area contributed by atoms with Crippen molar-refractivity contribution in [3.8, 4) is 0 Å². The van der Waals surface area contributed by atoms with Gasteiger partial charge in [0.05, 0.1) is 37.7 Å². The normalized spacial score (nSPS) is 10.9. The first kappa shape index (κ1) is 10.8. The average molecular weight is 222 g/mol. The van der Waals surface area contributed by atoms with Gasteiger partial charge < -0.3 is 10.2 Å². The lowest BCUT2D eigenvalue weighted by molar-refractivity contribution is 0.273. The van der Waals surface area contributed by atoms with Crippen molar-refractivity contribution in [3.05, 3.63) is 35.9 Å². The van der Waals surface area contributed by atoms with Gasteiger partial charge >= 0.3 is 0 Å². The van der Waals surface area contributed by atoms with Crippen molar-refractivity contribution < 1.29 is 10.2 Å². The summed E-state index contributed by atoms with van der Waals surface area (Å²) in [5.74, 6) is 0. The molecule has 0 unspecified atom stereocenters. The molecule has 6 nitrogen and oxygen atoms in total. The molecule has 0 spiro atoms. The topological polar surface area (TPSA) is 76.1 Å². The third kappa shape index (κ3) is 2.47. The van der Waals surface area contributed by atoms with Crippen LogP contribution in [0.1, 0.15) is 11.4 Å². The lowest BCUT2D eigenvalue weighted by Crippen LogP contribution is -2.09. The summed E-state index contributed by atoms with van der Waals surface area (Å²) in [6.07, 6.45) is 3.64. The van der Waals surface area contributed by atoms with Gasteiger partial charge in [0.25, 0.3) is 0 Å². The maximum atomic E-state index is 8.85. The Balaban J connectivity index is 1.91. The first-order chi connectivity index (χ1) is 7.81. The van der Waals surface area contributed by atoms with Gasteiger partial charge in [0.1, 0.15) is 0 Å². The van der Waals surface area contributed by atoms with E-state index in [4.69, 9.17) is 10.2 Å². The summed E-state index contributed by atoms with van der Waals surface area (Å²) in [5.41, 5.74) is 1.33. The second kappa shape index (κ2) is 4.91. The number of aliphatic hydroxyl groups is 2. The van der Waals surface area contributed by atoms with Crippen LogP contribution in [-0.2, 0) is 26.3 Å². The molecule has 2 aromatic heterocycles. The Morgan fingerprint density at radius 3 is 1.62 bits per heavy atom. The van der Waals surface area contributed by atoms with E-state index in [-0.39, 0.29) is 13.2 Å². The highest BCUT2D eigenvalue weighted by atomic mass is 16.3. The van der Waals surface area contributed by atoms with Crippen LogP contribution in [0.5, 0.6) is 0 Å². The molecule has 6 heteroatoms. The lowest BCUT2D eigenvalue weighted by atomic mass is 10.5. The fraction of sp³-hybridized carbons (Fsp3) is 0.400. The van der Waals surface area contributed by atoms with E-state index in [2.05, 4.69) is 10.2 Å². The van der Waals surface area contributed by atoms with Gasteiger partial charge in [-0.05, 0) is 12.1 Å². The Bertz CT molecular complexity index is 407. The maximum absolute atomic E-state index is 8.85. The van der Waals surface area contributed by atoms with Crippen LogP contribution in [0, 0.1) is 0 Å². The number of hydrogen-bond donors (Lipinski definition) is 2. The summed E-state index contributed by atoms with van der Waals surface area (Å²) in [6.45, 7) is 1.30. The molecule has 0 saturated heterocycles. The maximum Gasteiger partial charge on any atom is 0.0878 e. The van der Waals surface area contributed by atoms with Crippen LogP contribution in [0.25, 0.3) is 0 Å². The number of rotatable bonds is 5. The first-order valence-electron chi connectivity index (χ1n) is 5.08. The molecule has 0 saturated carbocycles. The zero-order valence-corrected chi connectivity index (χ0v) is 8.82. The van der Waals surface area contributed by atoms with Crippen LogP contribution in [0.15, 0.2) is 24.5 Å². The predicted octanol–water partition coefficient (Wildman–Crippen LogP) is -0.236. The van der Waals surface area contributed by atoms with Crippen LogP contribution < -0.4 is 0 Å². The molecule has 2 rings (SSSR count). The number of aliphatic hydroxyl groups excluding tert-OH is 2. The van der Waals surface area contributed by atoms with E-state index in [1.54, 1.807) is 21.5 Å². The van der Waals surface area contributed by atoms with Gasteiger partial charge in [0.15, 0.2) is 0 Å². The Morgan fingerprint density at radius 2 is 1.31 bits per heavy atom. The van der Waals surface area contributed by atoms with Crippen LogP contribution in [0.2, 0.25) is 0 Å². The second-order valence-electron chi connectivity index (χ2n) is 3.46. The van der Waals surface area contributed by atoms with Crippen molar-refractivity contribution in [1.82, 2.24) is 19.6 Å². The molecule has 2 heterocycles. The minimum absolute atomic E-state index is 0.0383. The minimum atomic E-state index is -0.0383. The van der Waals surface area contributed by atoms with E-state index in [1.165, 1.54) is 0 Å². The fourth-order valence-electron chi connectivity index (χ4n) is 1.43. The highest BCUT2D eigenvalue weighted by molar-refractivity contribution is 4.97. The molecule has 0 atom stereocenters. The Labute approximate surface area is 92.8 Å². The number of hydrogen-bond acceptors (Lipinski definition) is 4. The molecule has 0 fully saturated rings. The van der Waals surface area contributed by atoms with Crippen molar-refractivity contribution in [2.75, 3.05) is 0 Å². The molecule has 2 aromatic rings. The first-order valence-corrected chi connectivity index (χ1v) is 5.08. The van der Waals surface area contributed by atoms with Gasteiger partial charge in [0.2, 0.25) is 0 Å². The van der Waals surface area contributed by atoms with E-state index in [9.17, 15) is 0 Å². The van der Waals surface area contributed by atoms with Gasteiger partial charge in [-0.15, -0.1) is 0 Å². The third-order valence-corrected chi connectivity index (χ3v) is 2.27. The van der Waals surface area contributed by atoms with Crippen LogP contribution in [0.4, 0.5) is 0 Å². The van der Waals surface area contributed by atoms with Crippen LogP contribution in [0.3, 0.4) is 0 Å². The number of aromatic nitrogens is 4. The van der Waals surface area contributed by atoms with Gasteiger partial charge in [-0.3, -0.25) is 9.36 Å². The van der Waals surface area contributed by atoms with Crippen LogP contribution in [-0.4, -0.2) is 29.8 Å². The summed E-state index contributed by atoms with van der Waals surface area (Å²) >= 11 is 0. The molecule has 0 amide bonds. The molecule has 16 heavy (non-hydrogen) atoms. The predicted molar refractivity (Wildman–Crippen MR) is 56.3 cm³/mol. The molecular weight excluding hydrogens is 208 g/mol. The Kier molecular flexibility index (Phi) is 3.33. The highest BCUT2D eigenvalue weighted by Gasteiger charge is 1.99. The summed E-state index contributed by atoms with van der Waals surface area (Å²) in [5, 5.41) is 26.0. The Hall–Kier alpha value is -1.66. The third-order valence-electron chi connectivity index (χ3n) is 2.27. The molecule has 0 aromatic carbocycles. The smallest absolute Gasteiger partial charge is 0.0878 e. The minimum Gasteiger partial charge on any atom is -0.390 e. The molecule has 0 aliphatic carbocycles. The van der Waals surface area contributed by atoms with E-state index in [1.807, 2.05) is 12.4 Å². The lowest BCUT2D eigenvalue weighted by Gasteiger charge is -2.01. The molecule has 0 bridgehead atoms. The van der Waals surface area contributed by atoms with Crippen molar-refractivity contribution in [3.63, 3.8) is 0 Å².